The van der Waals surface area contributed by atoms with Crippen molar-refractivity contribution in [2.24, 2.45) is 0 Å². The minimum absolute atomic E-state index is 0.0909. The van der Waals surface area contributed by atoms with Crippen LogP contribution in [0.4, 0.5) is 0 Å². The second kappa shape index (κ2) is 7.13. The van der Waals surface area contributed by atoms with Crippen LogP contribution in [0.1, 0.15) is 36.6 Å². The van der Waals surface area contributed by atoms with E-state index in [2.05, 4.69) is 10.00 Å². The van der Waals surface area contributed by atoms with Crippen molar-refractivity contribution in [2.45, 2.75) is 43.7 Å². The minimum atomic E-state index is -3.50. The van der Waals surface area contributed by atoms with Crippen molar-refractivity contribution in [3.05, 3.63) is 47.8 Å². The lowest BCUT2D eigenvalue weighted by molar-refractivity contribution is 0.226. The van der Waals surface area contributed by atoms with Crippen LogP contribution in [0.25, 0.3) is 0 Å². The van der Waals surface area contributed by atoms with Gasteiger partial charge in [-0.05, 0) is 57.0 Å². The molecule has 0 bridgehead atoms. The first-order valence-electron chi connectivity index (χ1n) is 9.36. The predicted octanol–water partition coefficient (Wildman–Crippen LogP) is 2.42. The maximum Gasteiger partial charge on any atom is 0.243 e. The predicted molar refractivity (Wildman–Crippen MR) is 100 cm³/mol. The second-order valence-electron chi connectivity index (χ2n) is 7.32. The van der Waals surface area contributed by atoms with E-state index < -0.39 is 10.0 Å². The van der Waals surface area contributed by atoms with Crippen molar-refractivity contribution in [3.8, 4) is 0 Å². The Hall–Kier alpha value is -1.70. The number of sulfonamides is 1. The number of hydrogen-bond donors (Lipinski definition) is 0. The van der Waals surface area contributed by atoms with E-state index in [0.717, 1.165) is 37.3 Å². The van der Waals surface area contributed by atoms with Gasteiger partial charge in [0.25, 0.3) is 0 Å². The van der Waals surface area contributed by atoms with Crippen LogP contribution in [-0.4, -0.2) is 53.6 Å². The number of fused-ring (bicyclic) bond motifs is 1. The molecule has 140 valence electrons. The van der Waals surface area contributed by atoms with Crippen molar-refractivity contribution >= 4 is 10.0 Å². The van der Waals surface area contributed by atoms with Gasteiger partial charge in [0.1, 0.15) is 0 Å². The number of rotatable bonds is 5. The summed E-state index contributed by atoms with van der Waals surface area (Å²) in [6.07, 6.45) is 5.24. The van der Waals surface area contributed by atoms with Crippen LogP contribution in [0.5, 0.6) is 0 Å². The number of hydrogen-bond acceptors (Lipinski definition) is 4. The lowest BCUT2D eigenvalue weighted by atomic mass is 10.1. The lowest BCUT2D eigenvalue weighted by Crippen LogP contribution is -2.42. The molecule has 3 heterocycles. The zero-order chi connectivity index (χ0) is 18.1. The van der Waals surface area contributed by atoms with E-state index >= 15 is 0 Å². The van der Waals surface area contributed by atoms with E-state index in [1.54, 1.807) is 22.6 Å². The highest BCUT2D eigenvalue weighted by Crippen LogP contribution is 2.29. The first kappa shape index (κ1) is 17.7. The fourth-order valence-electron chi connectivity index (χ4n) is 4.07. The van der Waals surface area contributed by atoms with E-state index in [1.165, 1.54) is 12.8 Å². The molecule has 26 heavy (non-hydrogen) atoms. The molecule has 0 N–H and O–H groups in total. The zero-order valence-corrected chi connectivity index (χ0v) is 16.0. The fourth-order valence-corrected chi connectivity index (χ4v) is 5.75. The van der Waals surface area contributed by atoms with Crippen LogP contribution >= 0.6 is 0 Å². The molecule has 0 saturated carbocycles. The van der Waals surface area contributed by atoms with Crippen LogP contribution in [0.2, 0.25) is 0 Å². The number of likely N-dealkylation sites (tertiary alicyclic amines) is 1. The molecule has 1 atom stereocenters. The molecular formula is C19H26N4O2S. The molecule has 0 radical (unpaired) electrons. The monoisotopic (exact) mass is 374 g/mol. The highest BCUT2D eigenvalue weighted by molar-refractivity contribution is 7.89. The smallest absolute Gasteiger partial charge is 0.243 e. The van der Waals surface area contributed by atoms with Crippen LogP contribution < -0.4 is 0 Å². The molecule has 0 aliphatic carbocycles. The molecule has 2 aliphatic heterocycles. The van der Waals surface area contributed by atoms with Crippen LogP contribution in [-0.2, 0) is 16.6 Å². The maximum atomic E-state index is 13.2. The SMILES string of the molecule is Cc1ccccc1S(=O)(=O)N1Cc2ccnn2C(CCN2CCCC2)C1. The van der Waals surface area contributed by atoms with E-state index in [1.807, 2.05) is 29.8 Å². The summed E-state index contributed by atoms with van der Waals surface area (Å²) in [4.78, 5) is 2.88. The van der Waals surface area contributed by atoms with E-state index in [0.29, 0.717) is 18.0 Å². The Bertz CT molecular complexity index is 871. The number of benzene rings is 1. The van der Waals surface area contributed by atoms with Gasteiger partial charge in [0.05, 0.1) is 23.2 Å². The molecule has 1 aromatic heterocycles. The largest absolute Gasteiger partial charge is 0.303 e. The first-order chi connectivity index (χ1) is 12.6. The average Bonchev–Trinajstić information content (AvgIpc) is 3.31. The Labute approximate surface area is 155 Å². The third-order valence-electron chi connectivity index (χ3n) is 5.54. The molecule has 1 saturated heterocycles. The van der Waals surface area contributed by atoms with Gasteiger partial charge < -0.3 is 4.90 Å². The molecule has 2 aromatic rings. The summed E-state index contributed by atoms with van der Waals surface area (Å²) in [6.45, 7) is 6.04. The summed E-state index contributed by atoms with van der Waals surface area (Å²) in [5, 5.41) is 4.47. The summed E-state index contributed by atoms with van der Waals surface area (Å²) in [6, 6.07) is 9.25. The van der Waals surface area contributed by atoms with Gasteiger partial charge in [0.2, 0.25) is 10.0 Å². The maximum absolute atomic E-state index is 13.2. The summed E-state index contributed by atoms with van der Waals surface area (Å²) in [7, 11) is -3.50. The molecule has 6 nitrogen and oxygen atoms in total. The molecular weight excluding hydrogens is 348 g/mol. The summed E-state index contributed by atoms with van der Waals surface area (Å²) < 4.78 is 30.1. The Morgan fingerprint density at radius 1 is 1.15 bits per heavy atom. The van der Waals surface area contributed by atoms with Crippen LogP contribution in [0, 0.1) is 6.92 Å². The fraction of sp³-hybridized carbons (Fsp3) is 0.526. The molecule has 1 aromatic carbocycles. The Balaban J connectivity index is 1.57. The van der Waals surface area contributed by atoms with Crippen LogP contribution in [0.3, 0.4) is 0 Å². The standard InChI is InChI=1S/C19H26N4O2S/c1-16-6-2-3-7-19(16)26(24,25)22-14-17-8-10-20-23(17)18(15-22)9-13-21-11-4-5-12-21/h2-3,6-8,10,18H,4-5,9,11-15H2,1H3. The van der Waals surface area contributed by atoms with Gasteiger partial charge in [0, 0.05) is 19.3 Å². The lowest BCUT2D eigenvalue weighted by Gasteiger charge is -2.34. The van der Waals surface area contributed by atoms with Crippen molar-refractivity contribution in [1.29, 1.82) is 0 Å². The highest BCUT2D eigenvalue weighted by atomic mass is 32.2. The van der Waals surface area contributed by atoms with Crippen LogP contribution in [0.15, 0.2) is 41.4 Å². The normalized spacial score (nSPS) is 21.8. The van der Waals surface area contributed by atoms with Gasteiger partial charge >= 0.3 is 0 Å². The van der Waals surface area contributed by atoms with Gasteiger partial charge in [-0.3, -0.25) is 4.68 Å². The molecule has 1 unspecified atom stereocenters. The molecule has 4 rings (SSSR count). The Morgan fingerprint density at radius 3 is 2.69 bits per heavy atom. The van der Waals surface area contributed by atoms with Gasteiger partial charge in [0.15, 0.2) is 0 Å². The number of aryl methyl sites for hydroxylation is 1. The van der Waals surface area contributed by atoms with Gasteiger partial charge in [-0.1, -0.05) is 18.2 Å². The highest BCUT2D eigenvalue weighted by Gasteiger charge is 2.34. The average molecular weight is 375 g/mol. The zero-order valence-electron chi connectivity index (χ0n) is 15.2. The molecule has 1 fully saturated rings. The number of aromatic nitrogens is 2. The third kappa shape index (κ3) is 3.31. The molecule has 0 spiro atoms. The summed E-state index contributed by atoms with van der Waals surface area (Å²) in [5.41, 5.74) is 1.76. The van der Waals surface area contributed by atoms with E-state index in [-0.39, 0.29) is 6.04 Å². The number of nitrogens with zero attached hydrogens (tertiary/aromatic N) is 4. The van der Waals surface area contributed by atoms with Crippen molar-refractivity contribution in [3.63, 3.8) is 0 Å². The Morgan fingerprint density at radius 2 is 1.92 bits per heavy atom. The van der Waals surface area contributed by atoms with E-state index in [9.17, 15) is 8.42 Å². The van der Waals surface area contributed by atoms with Gasteiger partial charge in [-0.15, -0.1) is 0 Å². The third-order valence-corrected chi connectivity index (χ3v) is 7.51. The van der Waals surface area contributed by atoms with Crippen molar-refractivity contribution < 1.29 is 8.42 Å². The first-order valence-corrected chi connectivity index (χ1v) is 10.8. The minimum Gasteiger partial charge on any atom is -0.303 e. The van der Waals surface area contributed by atoms with Crippen molar-refractivity contribution in [1.82, 2.24) is 19.0 Å². The van der Waals surface area contributed by atoms with Gasteiger partial charge in [-0.25, -0.2) is 8.42 Å². The second-order valence-corrected chi connectivity index (χ2v) is 9.23. The Kier molecular flexibility index (Phi) is 4.86. The van der Waals surface area contributed by atoms with Gasteiger partial charge in [-0.2, -0.15) is 9.40 Å². The molecule has 2 aliphatic rings. The van der Waals surface area contributed by atoms with Crippen molar-refractivity contribution in [2.75, 3.05) is 26.2 Å². The van der Waals surface area contributed by atoms with E-state index in [4.69, 9.17) is 0 Å². The molecule has 0 amide bonds. The summed E-state index contributed by atoms with van der Waals surface area (Å²) >= 11 is 0. The summed E-state index contributed by atoms with van der Waals surface area (Å²) in [5.74, 6) is 0. The quantitative estimate of drug-likeness (QED) is 0.806. The topological polar surface area (TPSA) is 58.4 Å². The molecule has 7 heteroatoms.